The lowest BCUT2D eigenvalue weighted by Gasteiger charge is -2.49. The average Bonchev–Trinajstić information content (AvgIpc) is 3.53. The quantitative estimate of drug-likeness (QED) is 0.464. The van der Waals surface area contributed by atoms with Crippen molar-refractivity contribution in [3.8, 4) is 11.3 Å². The van der Waals surface area contributed by atoms with Gasteiger partial charge in [-0.2, -0.15) is 5.10 Å². The molecule has 1 unspecified atom stereocenters. The van der Waals surface area contributed by atoms with Crippen LogP contribution >= 0.6 is 11.3 Å². The second kappa shape index (κ2) is 8.43. The highest BCUT2D eigenvalue weighted by Crippen LogP contribution is 2.42. The highest BCUT2D eigenvalue weighted by Gasteiger charge is 2.41. The fraction of sp³-hybridized carbons (Fsp3) is 0.333. The number of hydrogen-bond donors (Lipinski definition) is 1. The Balaban J connectivity index is 1.18. The van der Waals surface area contributed by atoms with Crippen LogP contribution in [0.3, 0.4) is 0 Å². The van der Waals surface area contributed by atoms with Crippen molar-refractivity contribution < 1.29 is 4.79 Å². The summed E-state index contributed by atoms with van der Waals surface area (Å²) in [5.74, 6) is 1.18. The van der Waals surface area contributed by atoms with Crippen LogP contribution in [0, 0.1) is 5.92 Å². The van der Waals surface area contributed by atoms with Gasteiger partial charge >= 0.3 is 0 Å². The first-order chi connectivity index (χ1) is 16.2. The zero-order valence-electron chi connectivity index (χ0n) is 18.8. The number of thiophene rings is 1. The predicted molar refractivity (Wildman–Crippen MR) is 134 cm³/mol. The van der Waals surface area contributed by atoms with Crippen molar-refractivity contribution in [3.63, 3.8) is 0 Å². The third-order valence-electron chi connectivity index (χ3n) is 7.46. The van der Waals surface area contributed by atoms with Crippen LogP contribution in [0.5, 0.6) is 0 Å². The third-order valence-corrected chi connectivity index (χ3v) is 8.33. The molecule has 4 aromatic rings. The summed E-state index contributed by atoms with van der Waals surface area (Å²) in [4.78, 5) is 15.7. The Labute approximate surface area is 198 Å². The molecule has 1 N–H and O–H groups in total. The van der Waals surface area contributed by atoms with Gasteiger partial charge in [0.05, 0.1) is 10.6 Å². The molecule has 3 fully saturated rings. The minimum atomic E-state index is 0.0517. The number of carbonyl (C=O) groups is 1. The summed E-state index contributed by atoms with van der Waals surface area (Å²) in [7, 11) is 2.08. The molecular weight excluding hydrogens is 428 g/mol. The third kappa shape index (κ3) is 3.87. The van der Waals surface area contributed by atoms with Crippen LogP contribution in [0.2, 0.25) is 0 Å². The van der Waals surface area contributed by atoms with Crippen LogP contribution in [0.25, 0.3) is 22.0 Å². The first-order valence-corrected chi connectivity index (χ1v) is 12.6. The van der Waals surface area contributed by atoms with E-state index in [1.54, 1.807) is 0 Å². The van der Waals surface area contributed by atoms with Crippen LogP contribution < -0.4 is 5.32 Å². The lowest BCUT2D eigenvalue weighted by Crippen LogP contribution is -2.56. The van der Waals surface area contributed by atoms with Gasteiger partial charge in [0.2, 0.25) is 0 Å². The molecule has 4 atom stereocenters. The first-order valence-electron chi connectivity index (χ1n) is 11.7. The Bertz CT molecular complexity index is 1290. The molecule has 3 saturated heterocycles. The van der Waals surface area contributed by atoms with Crippen LogP contribution in [-0.2, 0) is 7.05 Å². The summed E-state index contributed by atoms with van der Waals surface area (Å²) in [6.07, 6.45) is 2.35. The van der Waals surface area contributed by atoms with Gasteiger partial charge in [-0.15, -0.1) is 11.3 Å². The van der Waals surface area contributed by atoms with Crippen LogP contribution in [0.15, 0.2) is 66.0 Å². The van der Waals surface area contributed by atoms with E-state index in [0.29, 0.717) is 17.9 Å². The fourth-order valence-corrected chi connectivity index (χ4v) is 6.35. The molecular formula is C27H28N4OS. The van der Waals surface area contributed by atoms with Crippen molar-refractivity contribution in [1.29, 1.82) is 0 Å². The summed E-state index contributed by atoms with van der Waals surface area (Å²) >= 11 is 1.50. The van der Waals surface area contributed by atoms with Crippen molar-refractivity contribution in [1.82, 2.24) is 20.0 Å². The number of benzene rings is 2. The zero-order chi connectivity index (χ0) is 22.4. The van der Waals surface area contributed by atoms with Gasteiger partial charge in [-0.3, -0.25) is 14.4 Å². The van der Waals surface area contributed by atoms with E-state index in [1.807, 2.05) is 17.5 Å². The van der Waals surface area contributed by atoms with Gasteiger partial charge in [-0.1, -0.05) is 42.5 Å². The van der Waals surface area contributed by atoms with Gasteiger partial charge in [0.1, 0.15) is 0 Å². The lowest BCUT2D eigenvalue weighted by molar-refractivity contribution is 0.0280. The number of carbonyl (C=O) groups excluding carboxylic acids is 1. The Morgan fingerprint density at radius 1 is 1.12 bits per heavy atom. The number of piperidine rings is 3. The summed E-state index contributed by atoms with van der Waals surface area (Å²) in [6.45, 7) is 2.89. The highest BCUT2D eigenvalue weighted by atomic mass is 32.1. The Morgan fingerprint density at radius 2 is 2.00 bits per heavy atom. The first kappa shape index (κ1) is 20.6. The maximum absolute atomic E-state index is 12.4. The minimum absolute atomic E-state index is 0.0517. The van der Waals surface area contributed by atoms with Crippen LogP contribution in [-0.4, -0.2) is 46.3 Å². The van der Waals surface area contributed by atoms with Crippen LogP contribution in [0.4, 0.5) is 0 Å². The number of hydrogen-bond acceptors (Lipinski definition) is 4. The standard InChI is InChI=1S/C27H28N4OS/c1-30-25(15-24(29-30)21-9-8-18-5-2-3-6-19(18)13-21)23-17-31-11-10-20(23)14-22(31)16-28-27(32)26-7-4-12-33-26/h2-9,12-13,15,20,22-23H,10-11,14,16-17H2,1H3,(H,28,32)/t20-,22+,23-/m0/s1. The van der Waals surface area contributed by atoms with Gasteiger partial charge in [-0.25, -0.2) is 0 Å². The molecule has 5 heterocycles. The van der Waals surface area contributed by atoms with E-state index in [-0.39, 0.29) is 5.91 Å². The van der Waals surface area contributed by atoms with E-state index in [4.69, 9.17) is 5.10 Å². The Morgan fingerprint density at radius 3 is 2.79 bits per heavy atom. The number of aromatic nitrogens is 2. The second-order valence-electron chi connectivity index (χ2n) is 9.37. The molecule has 168 valence electrons. The maximum Gasteiger partial charge on any atom is 0.261 e. The molecule has 1 amide bonds. The van der Waals surface area contributed by atoms with E-state index >= 15 is 0 Å². The van der Waals surface area contributed by atoms with E-state index in [9.17, 15) is 4.79 Å². The zero-order valence-corrected chi connectivity index (χ0v) is 19.6. The molecule has 7 rings (SSSR count). The van der Waals surface area contributed by atoms with E-state index < -0.39 is 0 Å². The molecule has 2 aromatic heterocycles. The molecule has 0 radical (unpaired) electrons. The number of aryl methyl sites for hydroxylation is 1. The highest BCUT2D eigenvalue weighted by molar-refractivity contribution is 7.12. The molecule has 0 aliphatic carbocycles. The molecule has 3 aliphatic rings. The van der Waals surface area contributed by atoms with Crippen molar-refractivity contribution in [2.24, 2.45) is 13.0 Å². The fourth-order valence-electron chi connectivity index (χ4n) is 5.71. The Kier molecular flexibility index (Phi) is 5.27. The van der Waals surface area contributed by atoms with Crippen molar-refractivity contribution in [3.05, 3.63) is 76.6 Å². The lowest BCUT2D eigenvalue weighted by atomic mass is 9.74. The number of nitrogens with zero attached hydrogens (tertiary/aromatic N) is 3. The Hall–Kier alpha value is -2.96. The predicted octanol–water partition coefficient (Wildman–Crippen LogP) is 4.91. The summed E-state index contributed by atoms with van der Waals surface area (Å²) in [5.41, 5.74) is 3.55. The van der Waals surface area contributed by atoms with Gasteiger partial charge in [-0.05, 0) is 59.7 Å². The molecule has 5 nitrogen and oxygen atoms in total. The second-order valence-corrected chi connectivity index (χ2v) is 10.3. The van der Waals surface area contributed by atoms with Crippen molar-refractivity contribution in [2.75, 3.05) is 19.6 Å². The summed E-state index contributed by atoms with van der Waals surface area (Å²) in [5, 5.41) is 12.5. The average molecular weight is 457 g/mol. The maximum atomic E-state index is 12.4. The normalized spacial score (nSPS) is 24.3. The molecule has 3 aliphatic heterocycles. The largest absolute Gasteiger partial charge is 0.350 e. The monoisotopic (exact) mass is 456 g/mol. The van der Waals surface area contributed by atoms with Gasteiger partial charge in [0.15, 0.2) is 0 Å². The van der Waals surface area contributed by atoms with Crippen molar-refractivity contribution >= 4 is 28.0 Å². The number of amides is 1. The van der Waals surface area contributed by atoms with Crippen LogP contribution in [0.1, 0.15) is 34.1 Å². The van der Waals surface area contributed by atoms with Gasteiger partial charge < -0.3 is 5.32 Å². The molecule has 2 aromatic carbocycles. The van der Waals surface area contributed by atoms with E-state index in [2.05, 4.69) is 70.5 Å². The SMILES string of the molecule is Cn1nc(-c2ccc3ccccc3c2)cc1[C@H]1CN2CC[C@H]1C[C@@H]2CNC(=O)c1cccs1. The minimum Gasteiger partial charge on any atom is -0.350 e. The molecule has 0 spiro atoms. The summed E-state index contributed by atoms with van der Waals surface area (Å²) < 4.78 is 2.09. The molecule has 33 heavy (non-hydrogen) atoms. The molecule has 6 heteroatoms. The van der Waals surface area contributed by atoms with E-state index in [1.165, 1.54) is 39.8 Å². The molecule has 2 bridgehead atoms. The summed E-state index contributed by atoms with van der Waals surface area (Å²) in [6, 6.07) is 21.6. The molecule has 0 saturated carbocycles. The topological polar surface area (TPSA) is 50.2 Å². The number of fused-ring (bicyclic) bond motifs is 4. The van der Waals surface area contributed by atoms with Crippen molar-refractivity contribution in [2.45, 2.75) is 24.8 Å². The van der Waals surface area contributed by atoms with Gasteiger partial charge in [0.25, 0.3) is 5.91 Å². The number of nitrogens with one attached hydrogen (secondary N) is 1. The number of rotatable bonds is 5. The van der Waals surface area contributed by atoms with E-state index in [0.717, 1.165) is 36.6 Å². The van der Waals surface area contributed by atoms with Gasteiger partial charge in [0, 0.05) is 43.4 Å². The smallest absolute Gasteiger partial charge is 0.261 e.